The molecule has 2 aromatic carbocycles. The molecule has 1 unspecified atom stereocenters. The van der Waals surface area contributed by atoms with Crippen LogP contribution in [0.1, 0.15) is 42.5 Å². The van der Waals surface area contributed by atoms with E-state index < -0.39 is 0 Å². The van der Waals surface area contributed by atoms with Gasteiger partial charge in [0.05, 0.1) is 13.0 Å². The molecular weight excluding hydrogens is 402 g/mol. The van der Waals surface area contributed by atoms with Crippen molar-refractivity contribution in [2.24, 2.45) is 0 Å². The molecule has 2 heterocycles. The molecule has 1 atom stereocenters. The maximum Gasteiger partial charge on any atom is 0.313 e. The van der Waals surface area contributed by atoms with E-state index in [2.05, 4.69) is 67.8 Å². The van der Waals surface area contributed by atoms with Crippen molar-refractivity contribution in [3.63, 3.8) is 0 Å². The van der Waals surface area contributed by atoms with Crippen LogP contribution >= 0.6 is 11.3 Å². The summed E-state index contributed by atoms with van der Waals surface area (Å²) in [6, 6.07) is 19.0. The first-order chi connectivity index (χ1) is 15.0. The fourth-order valence-electron chi connectivity index (χ4n) is 4.29. The van der Waals surface area contributed by atoms with Crippen LogP contribution < -0.4 is 0 Å². The minimum atomic E-state index is -0.341. The molecule has 4 heteroatoms. The maximum atomic E-state index is 12.9. The van der Waals surface area contributed by atoms with E-state index in [1.54, 1.807) is 11.3 Å². The summed E-state index contributed by atoms with van der Waals surface area (Å²) in [5.41, 5.74) is 7.62. The van der Waals surface area contributed by atoms with E-state index in [1.165, 1.54) is 12.7 Å². The number of benzene rings is 2. The molecule has 0 radical (unpaired) electrons. The molecule has 0 saturated carbocycles. The van der Waals surface area contributed by atoms with Crippen molar-refractivity contribution in [3.05, 3.63) is 76.8 Å². The molecule has 4 rings (SSSR count). The van der Waals surface area contributed by atoms with Crippen molar-refractivity contribution < 1.29 is 9.53 Å². The highest BCUT2D eigenvalue weighted by Gasteiger charge is 2.29. The number of thiophene rings is 1. The van der Waals surface area contributed by atoms with Crippen LogP contribution in [0.25, 0.3) is 32.5 Å². The van der Waals surface area contributed by atoms with Gasteiger partial charge in [-0.15, -0.1) is 11.3 Å². The number of esters is 1. The molecule has 0 saturated heterocycles. The van der Waals surface area contributed by atoms with Crippen LogP contribution in [-0.4, -0.2) is 18.1 Å². The lowest BCUT2D eigenvalue weighted by atomic mass is 9.84. The Morgan fingerprint density at radius 3 is 2.39 bits per heavy atom. The Labute approximate surface area is 187 Å². The Hall–Kier alpha value is -2.98. The third kappa shape index (κ3) is 4.00. The number of carbonyl (C=O) groups is 1. The highest BCUT2D eigenvalue weighted by molar-refractivity contribution is 7.17. The molecule has 0 N–H and O–H groups in total. The number of rotatable bonds is 6. The molecule has 0 spiro atoms. The van der Waals surface area contributed by atoms with Gasteiger partial charge in [0.25, 0.3) is 0 Å². The van der Waals surface area contributed by atoms with Gasteiger partial charge >= 0.3 is 5.97 Å². The van der Waals surface area contributed by atoms with Gasteiger partial charge < -0.3 is 4.74 Å². The summed E-state index contributed by atoms with van der Waals surface area (Å²) >= 11 is 1.66. The predicted octanol–water partition coefficient (Wildman–Crippen LogP) is 7.30. The monoisotopic (exact) mass is 429 g/mol. The lowest BCUT2D eigenvalue weighted by Gasteiger charge is -2.22. The van der Waals surface area contributed by atoms with Crippen LogP contribution in [-0.2, 0) is 9.53 Å². The molecule has 0 fully saturated rings. The van der Waals surface area contributed by atoms with E-state index in [-0.39, 0.29) is 11.9 Å². The Morgan fingerprint density at radius 1 is 1.03 bits per heavy atom. The first kappa shape index (κ1) is 21.3. The number of ether oxygens (including phenoxy) is 1. The van der Waals surface area contributed by atoms with Crippen molar-refractivity contribution in [3.8, 4) is 22.3 Å². The smallest absolute Gasteiger partial charge is 0.313 e. The van der Waals surface area contributed by atoms with E-state index in [1.807, 2.05) is 13.0 Å². The highest BCUT2D eigenvalue weighted by Crippen LogP contribution is 2.45. The first-order valence-corrected chi connectivity index (χ1v) is 11.5. The standard InChI is InChI=1S/C27H27NO2S/c1-5-9-21(27(29)30-4)23-18(3)28-26-25(24(23)20-14-12-17(2)13-15-20)22(16-31-26)19-10-7-6-8-11-19/h6-8,10-16,21H,5,9H2,1-4H3. The van der Waals surface area contributed by atoms with Gasteiger partial charge in [0.15, 0.2) is 0 Å². The zero-order valence-corrected chi connectivity index (χ0v) is 19.3. The van der Waals surface area contributed by atoms with Gasteiger partial charge in [-0.25, -0.2) is 4.98 Å². The summed E-state index contributed by atoms with van der Waals surface area (Å²) in [7, 11) is 1.47. The Morgan fingerprint density at radius 2 is 1.74 bits per heavy atom. The molecule has 0 aliphatic heterocycles. The molecule has 0 aliphatic rings. The van der Waals surface area contributed by atoms with Crippen LogP contribution in [0.5, 0.6) is 0 Å². The Kier molecular flexibility index (Phi) is 6.19. The van der Waals surface area contributed by atoms with Crippen molar-refractivity contribution in [2.45, 2.75) is 39.5 Å². The lowest BCUT2D eigenvalue weighted by molar-refractivity contribution is -0.142. The molecular formula is C27H27NO2S. The van der Waals surface area contributed by atoms with E-state index in [4.69, 9.17) is 9.72 Å². The number of hydrogen-bond donors (Lipinski definition) is 0. The summed E-state index contributed by atoms with van der Waals surface area (Å²) < 4.78 is 5.23. The summed E-state index contributed by atoms with van der Waals surface area (Å²) in [5, 5.41) is 3.30. The molecule has 3 nitrogen and oxygen atoms in total. The van der Waals surface area contributed by atoms with E-state index in [0.29, 0.717) is 0 Å². The summed E-state index contributed by atoms with van der Waals surface area (Å²) in [6.07, 6.45) is 1.62. The number of carbonyl (C=O) groups excluding carboxylic acids is 1. The van der Waals surface area contributed by atoms with Crippen LogP contribution in [0.4, 0.5) is 0 Å². The molecule has 2 aromatic heterocycles. The number of pyridine rings is 1. The average Bonchev–Trinajstić information content (AvgIpc) is 3.21. The molecule has 0 aliphatic carbocycles. The third-order valence-corrected chi connectivity index (χ3v) is 6.66. The topological polar surface area (TPSA) is 39.2 Å². The fourth-order valence-corrected chi connectivity index (χ4v) is 5.29. The predicted molar refractivity (Wildman–Crippen MR) is 130 cm³/mol. The van der Waals surface area contributed by atoms with Crippen molar-refractivity contribution in [1.29, 1.82) is 0 Å². The number of aryl methyl sites for hydroxylation is 2. The van der Waals surface area contributed by atoms with Crippen molar-refractivity contribution in [2.75, 3.05) is 7.11 Å². The molecule has 0 amide bonds. The molecule has 4 aromatic rings. The van der Waals surface area contributed by atoms with E-state index in [9.17, 15) is 4.79 Å². The number of nitrogens with zero attached hydrogens (tertiary/aromatic N) is 1. The summed E-state index contributed by atoms with van der Waals surface area (Å²) in [5.74, 6) is -0.539. The van der Waals surface area contributed by atoms with Gasteiger partial charge in [-0.05, 0) is 42.5 Å². The zero-order chi connectivity index (χ0) is 22.0. The van der Waals surface area contributed by atoms with E-state index in [0.717, 1.165) is 56.6 Å². The van der Waals surface area contributed by atoms with Crippen LogP contribution in [0.2, 0.25) is 0 Å². The lowest BCUT2D eigenvalue weighted by Crippen LogP contribution is -2.17. The maximum absolute atomic E-state index is 12.9. The number of hydrogen-bond acceptors (Lipinski definition) is 4. The van der Waals surface area contributed by atoms with Crippen molar-refractivity contribution >= 4 is 27.5 Å². The summed E-state index contributed by atoms with van der Waals surface area (Å²) in [6.45, 7) is 6.20. The first-order valence-electron chi connectivity index (χ1n) is 10.7. The van der Waals surface area contributed by atoms with Crippen LogP contribution in [0.3, 0.4) is 0 Å². The van der Waals surface area contributed by atoms with E-state index >= 15 is 0 Å². The van der Waals surface area contributed by atoms with Gasteiger partial charge in [0, 0.05) is 22.0 Å². The zero-order valence-electron chi connectivity index (χ0n) is 18.4. The van der Waals surface area contributed by atoms with Crippen LogP contribution in [0, 0.1) is 13.8 Å². The number of fused-ring (bicyclic) bond motifs is 1. The van der Waals surface area contributed by atoms with Gasteiger partial charge in [-0.3, -0.25) is 4.79 Å². The van der Waals surface area contributed by atoms with Crippen LogP contribution in [0.15, 0.2) is 60.0 Å². The minimum Gasteiger partial charge on any atom is -0.469 e. The Balaban J connectivity index is 2.11. The second kappa shape index (κ2) is 9.03. The average molecular weight is 430 g/mol. The number of aromatic nitrogens is 1. The molecule has 0 bridgehead atoms. The second-order valence-corrected chi connectivity index (χ2v) is 8.77. The van der Waals surface area contributed by atoms with Crippen molar-refractivity contribution in [1.82, 2.24) is 4.98 Å². The van der Waals surface area contributed by atoms with Gasteiger partial charge in [0.1, 0.15) is 4.83 Å². The van der Waals surface area contributed by atoms with Gasteiger partial charge in [-0.1, -0.05) is 73.5 Å². The Bertz CT molecular complexity index is 1210. The fraction of sp³-hybridized carbons (Fsp3) is 0.259. The summed E-state index contributed by atoms with van der Waals surface area (Å²) in [4.78, 5) is 18.8. The molecule has 31 heavy (non-hydrogen) atoms. The van der Waals surface area contributed by atoms with Gasteiger partial charge in [0.2, 0.25) is 0 Å². The SMILES string of the molecule is CCCC(C(=O)OC)c1c(C)nc2scc(-c3ccccc3)c2c1-c1ccc(C)cc1. The quantitative estimate of drug-likeness (QED) is 0.302. The third-order valence-electron chi connectivity index (χ3n) is 5.79. The number of methoxy groups -OCH3 is 1. The largest absolute Gasteiger partial charge is 0.469 e. The normalized spacial score (nSPS) is 12.1. The second-order valence-electron chi connectivity index (χ2n) is 7.91. The van der Waals surface area contributed by atoms with Gasteiger partial charge in [-0.2, -0.15) is 0 Å². The minimum absolute atomic E-state index is 0.198. The highest BCUT2D eigenvalue weighted by atomic mass is 32.1. The molecule has 158 valence electrons.